The highest BCUT2D eigenvalue weighted by Gasteiger charge is 2.24. The number of piperazine rings is 1. The third-order valence-corrected chi connectivity index (χ3v) is 4.32. The average molecular weight is 327 g/mol. The van der Waals surface area contributed by atoms with Crippen LogP contribution in [0.1, 0.15) is 22.0 Å². The normalized spacial score (nSPS) is 16.8. The van der Waals surface area contributed by atoms with Crippen LogP contribution in [-0.4, -0.2) is 58.5 Å². The molecule has 1 aliphatic heterocycles. The molecule has 24 heavy (non-hydrogen) atoms. The lowest BCUT2D eigenvalue weighted by molar-refractivity contribution is 0.0526. The molecule has 0 bridgehead atoms. The molecule has 6 nitrogen and oxygen atoms in total. The summed E-state index contributed by atoms with van der Waals surface area (Å²) >= 11 is 0. The van der Waals surface area contributed by atoms with E-state index < -0.39 is 6.10 Å². The van der Waals surface area contributed by atoms with E-state index in [2.05, 4.69) is 9.88 Å². The first-order valence-corrected chi connectivity index (χ1v) is 8.07. The van der Waals surface area contributed by atoms with Gasteiger partial charge >= 0.3 is 0 Å². The minimum Gasteiger partial charge on any atom is -0.387 e. The fraction of sp³-hybridized carbons (Fsp3) is 0.333. The van der Waals surface area contributed by atoms with Crippen LogP contribution in [0.5, 0.6) is 0 Å². The SMILES string of the molecule is O=C(c1ccc[nH]c1=O)N1CCN(C[C@H](O)c2ccccc2)CC1. The highest BCUT2D eigenvalue weighted by Crippen LogP contribution is 2.15. The molecule has 126 valence electrons. The molecule has 0 aliphatic carbocycles. The lowest BCUT2D eigenvalue weighted by Crippen LogP contribution is -2.50. The maximum Gasteiger partial charge on any atom is 0.260 e. The summed E-state index contributed by atoms with van der Waals surface area (Å²) in [5.41, 5.74) is 0.714. The van der Waals surface area contributed by atoms with Gasteiger partial charge in [0.1, 0.15) is 5.56 Å². The summed E-state index contributed by atoms with van der Waals surface area (Å²) in [6.45, 7) is 3.00. The van der Waals surface area contributed by atoms with E-state index in [0.29, 0.717) is 32.7 Å². The second-order valence-corrected chi connectivity index (χ2v) is 5.93. The number of nitrogens with one attached hydrogen (secondary N) is 1. The zero-order valence-electron chi connectivity index (χ0n) is 13.4. The molecule has 3 rings (SSSR count). The van der Waals surface area contributed by atoms with E-state index in [-0.39, 0.29) is 17.0 Å². The quantitative estimate of drug-likeness (QED) is 0.873. The molecule has 0 radical (unpaired) electrons. The van der Waals surface area contributed by atoms with Crippen molar-refractivity contribution in [1.29, 1.82) is 0 Å². The highest BCUT2D eigenvalue weighted by atomic mass is 16.3. The average Bonchev–Trinajstić information content (AvgIpc) is 2.63. The van der Waals surface area contributed by atoms with E-state index >= 15 is 0 Å². The van der Waals surface area contributed by atoms with Gasteiger partial charge in [0.25, 0.3) is 11.5 Å². The number of benzene rings is 1. The number of carbonyl (C=O) groups is 1. The number of β-amino-alcohol motifs (C(OH)–C–C–N with tert-alkyl or cyclic N) is 1. The maximum atomic E-state index is 12.4. The van der Waals surface area contributed by atoms with Gasteiger partial charge < -0.3 is 15.0 Å². The van der Waals surface area contributed by atoms with Crippen LogP contribution in [-0.2, 0) is 0 Å². The van der Waals surface area contributed by atoms with Gasteiger partial charge in [0, 0.05) is 38.9 Å². The van der Waals surface area contributed by atoms with E-state index in [4.69, 9.17) is 0 Å². The van der Waals surface area contributed by atoms with Gasteiger partial charge in [-0.1, -0.05) is 30.3 Å². The van der Waals surface area contributed by atoms with Crippen LogP contribution < -0.4 is 5.56 Å². The van der Waals surface area contributed by atoms with Gasteiger partial charge in [-0.3, -0.25) is 14.5 Å². The number of rotatable bonds is 4. The number of aliphatic hydroxyl groups excluding tert-OH is 1. The lowest BCUT2D eigenvalue weighted by atomic mass is 10.1. The van der Waals surface area contributed by atoms with E-state index in [0.717, 1.165) is 5.56 Å². The minimum absolute atomic E-state index is 0.176. The summed E-state index contributed by atoms with van der Waals surface area (Å²) in [6, 6.07) is 12.8. The van der Waals surface area contributed by atoms with Crippen LogP contribution in [0.15, 0.2) is 53.5 Å². The van der Waals surface area contributed by atoms with Crippen molar-refractivity contribution in [2.24, 2.45) is 0 Å². The van der Waals surface area contributed by atoms with Crippen molar-refractivity contribution in [2.75, 3.05) is 32.7 Å². The van der Waals surface area contributed by atoms with Gasteiger partial charge in [-0.15, -0.1) is 0 Å². The summed E-state index contributed by atoms with van der Waals surface area (Å²) in [4.78, 5) is 30.5. The molecule has 1 atom stereocenters. The number of pyridine rings is 1. The van der Waals surface area contributed by atoms with Crippen molar-refractivity contribution in [3.05, 3.63) is 70.1 Å². The van der Waals surface area contributed by atoms with E-state index in [1.807, 2.05) is 30.3 Å². The predicted octanol–water partition coefficient (Wildman–Crippen LogP) is 0.866. The van der Waals surface area contributed by atoms with Crippen molar-refractivity contribution in [2.45, 2.75) is 6.10 Å². The number of nitrogens with zero attached hydrogens (tertiary/aromatic N) is 2. The first kappa shape index (κ1) is 16.4. The number of carbonyl (C=O) groups excluding carboxylic acids is 1. The smallest absolute Gasteiger partial charge is 0.260 e. The lowest BCUT2D eigenvalue weighted by Gasteiger charge is -2.35. The Hall–Kier alpha value is -2.44. The number of aliphatic hydroxyl groups is 1. The highest BCUT2D eigenvalue weighted by molar-refractivity contribution is 5.93. The Kier molecular flexibility index (Phi) is 5.08. The summed E-state index contributed by atoms with van der Waals surface area (Å²) < 4.78 is 0. The Morgan fingerprint density at radius 3 is 2.46 bits per heavy atom. The van der Waals surface area contributed by atoms with Gasteiger partial charge in [0.15, 0.2) is 0 Å². The standard InChI is InChI=1S/C18H21N3O3/c22-16(14-5-2-1-3-6-14)13-20-9-11-21(12-10-20)18(24)15-7-4-8-19-17(15)23/h1-8,16,22H,9-13H2,(H,19,23)/t16-/m0/s1. The molecule has 1 aromatic heterocycles. The van der Waals surface area contributed by atoms with Crippen LogP contribution in [0.4, 0.5) is 0 Å². The molecule has 6 heteroatoms. The summed E-state index contributed by atoms with van der Waals surface area (Å²) in [6.07, 6.45) is 0.979. The number of aromatic nitrogens is 1. The van der Waals surface area contributed by atoms with Gasteiger partial charge in [-0.2, -0.15) is 0 Å². The molecule has 0 saturated carbocycles. The van der Waals surface area contributed by atoms with Crippen LogP contribution >= 0.6 is 0 Å². The van der Waals surface area contributed by atoms with Crippen molar-refractivity contribution >= 4 is 5.91 Å². The second kappa shape index (κ2) is 7.42. The third-order valence-electron chi connectivity index (χ3n) is 4.32. The molecule has 1 aromatic carbocycles. The maximum absolute atomic E-state index is 12.4. The Morgan fingerprint density at radius 2 is 1.79 bits per heavy atom. The number of amides is 1. The largest absolute Gasteiger partial charge is 0.387 e. The Morgan fingerprint density at radius 1 is 1.08 bits per heavy atom. The van der Waals surface area contributed by atoms with Crippen molar-refractivity contribution in [3.63, 3.8) is 0 Å². The van der Waals surface area contributed by atoms with Gasteiger partial charge in [-0.05, 0) is 17.7 Å². The molecule has 2 aromatic rings. The third kappa shape index (κ3) is 3.72. The Balaban J connectivity index is 1.55. The van der Waals surface area contributed by atoms with E-state index in [1.54, 1.807) is 17.0 Å². The van der Waals surface area contributed by atoms with Gasteiger partial charge in [0.05, 0.1) is 6.10 Å². The molecule has 0 spiro atoms. The molecule has 1 aliphatic rings. The molecular formula is C18H21N3O3. The molecule has 1 saturated heterocycles. The Bertz CT molecular complexity index is 736. The van der Waals surface area contributed by atoms with Crippen LogP contribution in [0, 0.1) is 0 Å². The van der Waals surface area contributed by atoms with E-state index in [9.17, 15) is 14.7 Å². The van der Waals surface area contributed by atoms with Gasteiger partial charge in [-0.25, -0.2) is 0 Å². The van der Waals surface area contributed by atoms with Crippen LogP contribution in [0.2, 0.25) is 0 Å². The topological polar surface area (TPSA) is 76.6 Å². The molecule has 0 unspecified atom stereocenters. The molecule has 1 amide bonds. The zero-order valence-corrected chi connectivity index (χ0v) is 13.4. The molecule has 2 N–H and O–H groups in total. The molecule has 2 heterocycles. The zero-order chi connectivity index (χ0) is 16.9. The summed E-state index contributed by atoms with van der Waals surface area (Å²) in [7, 11) is 0. The Labute approximate surface area is 140 Å². The van der Waals surface area contributed by atoms with Crippen molar-refractivity contribution in [1.82, 2.24) is 14.8 Å². The first-order chi connectivity index (χ1) is 11.6. The van der Waals surface area contributed by atoms with Crippen molar-refractivity contribution < 1.29 is 9.90 Å². The first-order valence-electron chi connectivity index (χ1n) is 8.07. The summed E-state index contributed by atoms with van der Waals surface area (Å²) in [5, 5.41) is 10.3. The monoisotopic (exact) mass is 327 g/mol. The fourth-order valence-electron chi connectivity index (χ4n) is 2.92. The summed E-state index contributed by atoms with van der Waals surface area (Å²) in [5.74, 6) is -0.236. The van der Waals surface area contributed by atoms with Crippen molar-refractivity contribution in [3.8, 4) is 0 Å². The van der Waals surface area contributed by atoms with Gasteiger partial charge in [0.2, 0.25) is 0 Å². The van der Waals surface area contributed by atoms with Crippen LogP contribution in [0.25, 0.3) is 0 Å². The fourth-order valence-corrected chi connectivity index (χ4v) is 2.92. The number of hydrogen-bond acceptors (Lipinski definition) is 4. The molecular weight excluding hydrogens is 306 g/mol. The minimum atomic E-state index is -0.537. The predicted molar refractivity (Wildman–Crippen MR) is 90.8 cm³/mol. The number of aromatic amines is 1. The van der Waals surface area contributed by atoms with Crippen LogP contribution in [0.3, 0.4) is 0 Å². The second-order valence-electron chi connectivity index (χ2n) is 5.93. The molecule has 1 fully saturated rings. The van der Waals surface area contributed by atoms with E-state index in [1.165, 1.54) is 6.20 Å². The number of hydrogen-bond donors (Lipinski definition) is 2. The number of H-pyrrole nitrogens is 1.